The minimum atomic E-state index is -0.785. The van der Waals surface area contributed by atoms with Crippen molar-refractivity contribution >= 4 is 18.0 Å². The van der Waals surface area contributed by atoms with Crippen molar-refractivity contribution in [2.24, 2.45) is 0 Å². The molecule has 0 saturated carbocycles. The van der Waals surface area contributed by atoms with Crippen LogP contribution in [0.3, 0.4) is 0 Å². The lowest BCUT2D eigenvalue weighted by atomic mass is 9.96. The lowest BCUT2D eigenvalue weighted by molar-refractivity contribution is 0.00953. The molecule has 0 saturated heterocycles. The number of carbonyl (C=O) groups excluding carboxylic acids is 3. The van der Waals surface area contributed by atoms with Crippen LogP contribution in [-0.2, 0) is 27.2 Å². The van der Waals surface area contributed by atoms with Crippen molar-refractivity contribution < 1.29 is 33.0 Å². The smallest absolute Gasteiger partial charge is 0.417 e. The molecule has 1 aliphatic rings. The average Bonchev–Trinajstić information content (AvgIpc) is 3.15. The van der Waals surface area contributed by atoms with Gasteiger partial charge in [-0.15, -0.1) is 0 Å². The molecule has 2 amide bonds. The molecule has 1 atom stereocenters. The fourth-order valence-corrected chi connectivity index (χ4v) is 3.49. The van der Waals surface area contributed by atoms with Crippen molar-refractivity contribution in [1.29, 1.82) is 0 Å². The second-order valence-electron chi connectivity index (χ2n) is 8.51. The van der Waals surface area contributed by atoms with Crippen molar-refractivity contribution in [3.8, 4) is 0 Å². The van der Waals surface area contributed by atoms with E-state index in [4.69, 9.17) is 18.6 Å². The summed E-state index contributed by atoms with van der Waals surface area (Å²) in [6.07, 6.45) is 1.10. The first-order chi connectivity index (χ1) is 15.2. The van der Waals surface area contributed by atoms with E-state index in [0.717, 1.165) is 10.5 Å². The SMILES string of the molecule is CCOC(=O)c1coc2c1C(=O)N(C(=O)OC(C)(C)C)C(CCOCc1ccccc1)C2. The normalized spacial score (nSPS) is 15.9. The number of amides is 2. The van der Waals surface area contributed by atoms with E-state index in [1.807, 2.05) is 30.3 Å². The van der Waals surface area contributed by atoms with E-state index >= 15 is 0 Å². The maximum atomic E-state index is 13.3. The van der Waals surface area contributed by atoms with E-state index in [1.165, 1.54) is 6.26 Å². The van der Waals surface area contributed by atoms with Gasteiger partial charge >= 0.3 is 12.1 Å². The van der Waals surface area contributed by atoms with Crippen molar-refractivity contribution in [3.05, 3.63) is 59.0 Å². The van der Waals surface area contributed by atoms with Gasteiger partial charge in [-0.05, 0) is 39.7 Å². The number of fused-ring (bicyclic) bond motifs is 1. The number of nitrogens with zero attached hydrogens (tertiary/aromatic N) is 1. The Morgan fingerprint density at radius 2 is 1.91 bits per heavy atom. The van der Waals surface area contributed by atoms with Gasteiger partial charge in [-0.2, -0.15) is 0 Å². The van der Waals surface area contributed by atoms with Gasteiger partial charge in [-0.3, -0.25) is 4.79 Å². The monoisotopic (exact) mass is 443 g/mol. The van der Waals surface area contributed by atoms with Crippen LogP contribution in [0, 0.1) is 0 Å². The number of benzene rings is 1. The molecule has 0 spiro atoms. The summed E-state index contributed by atoms with van der Waals surface area (Å²) < 4.78 is 21.8. The van der Waals surface area contributed by atoms with Crippen LogP contribution in [0.15, 0.2) is 41.0 Å². The highest BCUT2D eigenvalue weighted by Crippen LogP contribution is 2.31. The third-order valence-electron chi connectivity index (χ3n) is 4.88. The van der Waals surface area contributed by atoms with Crippen LogP contribution >= 0.6 is 0 Å². The number of ether oxygens (including phenoxy) is 3. The third kappa shape index (κ3) is 5.56. The number of furan rings is 1. The molecule has 0 fully saturated rings. The molecule has 172 valence electrons. The number of imide groups is 1. The molecule has 0 bridgehead atoms. The maximum absolute atomic E-state index is 13.3. The van der Waals surface area contributed by atoms with Crippen LogP contribution in [0.4, 0.5) is 4.79 Å². The Balaban J connectivity index is 1.78. The fourth-order valence-electron chi connectivity index (χ4n) is 3.49. The summed E-state index contributed by atoms with van der Waals surface area (Å²) in [7, 11) is 0. The van der Waals surface area contributed by atoms with Crippen molar-refractivity contribution in [2.45, 2.75) is 58.8 Å². The summed E-state index contributed by atoms with van der Waals surface area (Å²) >= 11 is 0. The zero-order valence-electron chi connectivity index (χ0n) is 18.9. The predicted octanol–water partition coefficient (Wildman–Crippen LogP) is 4.37. The second kappa shape index (κ2) is 9.99. The van der Waals surface area contributed by atoms with Gasteiger partial charge in [0.05, 0.1) is 24.8 Å². The minimum Gasteiger partial charge on any atom is -0.467 e. The Labute approximate surface area is 187 Å². The van der Waals surface area contributed by atoms with Gasteiger partial charge in [-0.25, -0.2) is 14.5 Å². The van der Waals surface area contributed by atoms with Crippen LogP contribution in [0.2, 0.25) is 0 Å². The average molecular weight is 443 g/mol. The first kappa shape index (κ1) is 23.5. The molecular formula is C24H29NO7. The van der Waals surface area contributed by atoms with Gasteiger partial charge in [0.1, 0.15) is 23.2 Å². The lowest BCUT2D eigenvalue weighted by Gasteiger charge is -2.34. The van der Waals surface area contributed by atoms with Crippen LogP contribution < -0.4 is 0 Å². The first-order valence-corrected chi connectivity index (χ1v) is 10.7. The fraction of sp³-hybridized carbons (Fsp3) is 0.458. The standard InChI is InChI=1S/C24H29NO7/c1-5-30-22(27)18-15-31-19-13-17(11-12-29-14-16-9-7-6-8-10-16)25(21(26)20(18)19)23(28)32-24(2,3)4/h6-10,15,17H,5,11-14H2,1-4H3. The van der Waals surface area contributed by atoms with E-state index in [2.05, 4.69) is 0 Å². The summed E-state index contributed by atoms with van der Waals surface area (Å²) in [6.45, 7) is 7.76. The molecule has 8 heteroatoms. The van der Waals surface area contributed by atoms with Gasteiger partial charge in [0, 0.05) is 13.0 Å². The van der Waals surface area contributed by atoms with E-state index in [1.54, 1.807) is 27.7 Å². The van der Waals surface area contributed by atoms with Crippen LogP contribution in [0.25, 0.3) is 0 Å². The Bertz CT molecular complexity index is 958. The molecule has 3 rings (SSSR count). The molecule has 8 nitrogen and oxygen atoms in total. The largest absolute Gasteiger partial charge is 0.467 e. The Kier molecular flexibility index (Phi) is 7.35. The molecule has 1 aromatic heterocycles. The van der Waals surface area contributed by atoms with Gasteiger partial charge in [0.25, 0.3) is 5.91 Å². The number of hydrogen-bond donors (Lipinski definition) is 0. The van der Waals surface area contributed by atoms with E-state index in [0.29, 0.717) is 25.4 Å². The molecule has 1 aliphatic heterocycles. The van der Waals surface area contributed by atoms with Crippen molar-refractivity contribution in [3.63, 3.8) is 0 Å². The third-order valence-corrected chi connectivity index (χ3v) is 4.88. The molecule has 0 aliphatic carbocycles. The van der Waals surface area contributed by atoms with Crippen LogP contribution in [-0.4, -0.2) is 47.7 Å². The van der Waals surface area contributed by atoms with Crippen molar-refractivity contribution in [1.82, 2.24) is 4.90 Å². The highest BCUT2D eigenvalue weighted by molar-refractivity contribution is 6.11. The number of rotatable bonds is 7. The van der Waals surface area contributed by atoms with E-state index in [9.17, 15) is 14.4 Å². The number of hydrogen-bond acceptors (Lipinski definition) is 7. The van der Waals surface area contributed by atoms with Crippen LogP contribution in [0.5, 0.6) is 0 Å². The summed E-state index contributed by atoms with van der Waals surface area (Å²) in [5.41, 5.74) is 0.311. The van der Waals surface area contributed by atoms with E-state index < -0.39 is 29.6 Å². The summed E-state index contributed by atoms with van der Waals surface area (Å²) in [5, 5.41) is 0. The zero-order chi connectivity index (χ0) is 23.3. The van der Waals surface area contributed by atoms with Gasteiger partial charge in [0.2, 0.25) is 0 Å². The Hall–Kier alpha value is -3.13. The molecule has 1 aromatic carbocycles. The maximum Gasteiger partial charge on any atom is 0.417 e. The quantitative estimate of drug-likeness (QED) is 0.463. The molecular weight excluding hydrogens is 414 g/mol. The number of carbonyl (C=O) groups is 3. The molecule has 2 aromatic rings. The van der Waals surface area contributed by atoms with Gasteiger partial charge in [-0.1, -0.05) is 30.3 Å². The highest BCUT2D eigenvalue weighted by atomic mass is 16.6. The molecule has 0 N–H and O–H groups in total. The molecule has 32 heavy (non-hydrogen) atoms. The molecule has 1 unspecified atom stereocenters. The summed E-state index contributed by atoms with van der Waals surface area (Å²) in [5.74, 6) is -0.948. The topological polar surface area (TPSA) is 95.3 Å². The summed E-state index contributed by atoms with van der Waals surface area (Å²) in [4.78, 5) is 39.6. The Morgan fingerprint density at radius 3 is 2.56 bits per heavy atom. The zero-order valence-corrected chi connectivity index (χ0v) is 18.9. The summed E-state index contributed by atoms with van der Waals surface area (Å²) in [6, 6.07) is 9.19. The van der Waals surface area contributed by atoms with Gasteiger partial charge < -0.3 is 18.6 Å². The molecule has 2 heterocycles. The molecule has 0 radical (unpaired) electrons. The predicted molar refractivity (Wildman–Crippen MR) is 115 cm³/mol. The van der Waals surface area contributed by atoms with Crippen LogP contribution in [0.1, 0.15) is 66.2 Å². The highest BCUT2D eigenvalue weighted by Gasteiger charge is 2.43. The van der Waals surface area contributed by atoms with E-state index in [-0.39, 0.29) is 24.2 Å². The second-order valence-corrected chi connectivity index (χ2v) is 8.51. The minimum absolute atomic E-state index is 0.0131. The first-order valence-electron chi connectivity index (χ1n) is 10.7. The Morgan fingerprint density at radius 1 is 1.19 bits per heavy atom. The van der Waals surface area contributed by atoms with Crippen molar-refractivity contribution in [2.75, 3.05) is 13.2 Å². The van der Waals surface area contributed by atoms with Gasteiger partial charge in [0.15, 0.2) is 0 Å². The lowest BCUT2D eigenvalue weighted by Crippen LogP contribution is -2.51. The number of esters is 1.